The van der Waals surface area contributed by atoms with E-state index in [1.54, 1.807) is 0 Å². The van der Waals surface area contributed by atoms with Crippen molar-refractivity contribution in [1.82, 2.24) is 19.1 Å². The Kier molecular flexibility index (Phi) is 4.95. The van der Waals surface area contributed by atoms with Crippen molar-refractivity contribution in [2.75, 3.05) is 6.61 Å². The number of ether oxygens (including phenoxy) is 1. The molecule has 0 aliphatic carbocycles. The third kappa shape index (κ3) is 3.29. The fraction of sp³-hybridized carbons (Fsp3) is 0.462. The van der Waals surface area contributed by atoms with Crippen LogP contribution < -0.4 is 11.2 Å². The van der Waals surface area contributed by atoms with Crippen molar-refractivity contribution < 1.29 is 19.9 Å². The maximum atomic E-state index is 12.1. The molecule has 0 amide bonds. The molecule has 0 saturated carbocycles. The first-order valence-corrected chi connectivity index (χ1v) is 8.27. The minimum absolute atomic E-state index is 0.0156. The molecule has 1 fully saturated rings. The molecule has 1 aliphatic rings. The van der Waals surface area contributed by atoms with Crippen LogP contribution in [0, 0.1) is 10.1 Å². The summed E-state index contributed by atoms with van der Waals surface area (Å²) in [5.74, 6) is -0.414. The van der Waals surface area contributed by atoms with Gasteiger partial charge in [0.25, 0.3) is 5.56 Å². The van der Waals surface area contributed by atoms with Crippen LogP contribution in [0.5, 0.6) is 0 Å². The predicted octanol–water partition coefficient (Wildman–Crippen LogP) is -1.03. The van der Waals surface area contributed by atoms with Crippen LogP contribution in [-0.4, -0.2) is 53.1 Å². The molecule has 3 atom stereocenters. The first-order chi connectivity index (χ1) is 12.3. The van der Waals surface area contributed by atoms with Crippen LogP contribution in [0.2, 0.25) is 0 Å². The predicted molar refractivity (Wildman–Crippen MR) is 86.9 cm³/mol. The molecule has 3 rings (SSSR count). The number of nitrogens with zero attached hydrogens (tertiary/aromatic N) is 4. The van der Waals surface area contributed by atoms with Gasteiger partial charge >= 0.3 is 11.5 Å². The number of hydrogen-bond acceptors (Lipinski definition) is 9. The van der Waals surface area contributed by atoms with E-state index in [4.69, 9.17) is 9.84 Å². The third-order valence-corrected chi connectivity index (χ3v) is 5.05. The smallest absolute Gasteiger partial charge is 0.394 e. The van der Waals surface area contributed by atoms with E-state index in [0.717, 1.165) is 16.3 Å². The lowest BCUT2D eigenvalue weighted by Gasteiger charge is -2.15. The van der Waals surface area contributed by atoms with Gasteiger partial charge in [-0.05, 0) is 9.91 Å². The highest BCUT2D eigenvalue weighted by atomic mass is 32.2. The molecule has 26 heavy (non-hydrogen) atoms. The average molecular weight is 385 g/mol. The maximum absolute atomic E-state index is 12.1. The van der Waals surface area contributed by atoms with Crippen LogP contribution in [0.15, 0.2) is 32.0 Å². The number of aromatic amines is 1. The summed E-state index contributed by atoms with van der Waals surface area (Å²) in [4.78, 5) is 40.3. The molecule has 0 bridgehead atoms. The molecular formula is C13H15N5O7S. The molecule has 140 valence electrons. The van der Waals surface area contributed by atoms with E-state index in [2.05, 4.69) is 9.97 Å². The SMILES string of the molecule is Cn1cnc([N+](=O)[O-])c1Sc1cn([C@@H]2C[C@@H](O)[C@H](CO)O2)c(=O)[nH]c1=O. The zero-order valence-electron chi connectivity index (χ0n) is 13.4. The van der Waals surface area contributed by atoms with Crippen LogP contribution >= 0.6 is 11.8 Å². The maximum Gasteiger partial charge on any atom is 0.396 e. The monoisotopic (exact) mass is 385 g/mol. The molecule has 0 aromatic carbocycles. The number of aliphatic hydroxyl groups is 2. The van der Waals surface area contributed by atoms with E-state index in [1.807, 2.05) is 0 Å². The van der Waals surface area contributed by atoms with Gasteiger partial charge in [-0.25, -0.2) is 4.79 Å². The summed E-state index contributed by atoms with van der Waals surface area (Å²) in [6.07, 6.45) is -0.182. The third-order valence-electron chi connectivity index (χ3n) is 3.87. The largest absolute Gasteiger partial charge is 0.396 e. The van der Waals surface area contributed by atoms with Gasteiger partial charge in [0, 0.05) is 19.7 Å². The normalized spacial score (nSPS) is 22.7. The Morgan fingerprint density at radius 2 is 2.27 bits per heavy atom. The molecule has 13 heteroatoms. The van der Waals surface area contributed by atoms with Gasteiger partial charge in [0.05, 0.1) is 17.6 Å². The molecular weight excluding hydrogens is 370 g/mol. The number of nitrogens with one attached hydrogen (secondary N) is 1. The summed E-state index contributed by atoms with van der Waals surface area (Å²) in [6, 6.07) is 0. The number of aryl methyl sites for hydroxylation is 1. The summed E-state index contributed by atoms with van der Waals surface area (Å²) in [7, 11) is 1.54. The van der Waals surface area contributed by atoms with Gasteiger partial charge < -0.3 is 29.6 Å². The summed E-state index contributed by atoms with van der Waals surface area (Å²) < 4.78 is 7.87. The molecule has 12 nitrogen and oxygen atoms in total. The van der Waals surface area contributed by atoms with Gasteiger partial charge in [0.15, 0.2) is 5.03 Å². The molecule has 2 aromatic rings. The zero-order chi connectivity index (χ0) is 19.0. The molecule has 0 radical (unpaired) electrons. The Balaban J connectivity index is 1.98. The number of aliphatic hydroxyl groups excluding tert-OH is 2. The number of H-pyrrole nitrogens is 1. The minimum Gasteiger partial charge on any atom is -0.394 e. The van der Waals surface area contributed by atoms with Crippen LogP contribution in [0.25, 0.3) is 0 Å². The summed E-state index contributed by atoms with van der Waals surface area (Å²) in [6.45, 7) is -0.418. The number of aromatic nitrogens is 4. The zero-order valence-corrected chi connectivity index (χ0v) is 14.3. The van der Waals surface area contributed by atoms with E-state index >= 15 is 0 Å². The first-order valence-electron chi connectivity index (χ1n) is 7.45. The van der Waals surface area contributed by atoms with E-state index in [0.29, 0.717) is 0 Å². The van der Waals surface area contributed by atoms with Crippen molar-refractivity contribution in [3.63, 3.8) is 0 Å². The second kappa shape index (κ2) is 7.03. The van der Waals surface area contributed by atoms with Gasteiger partial charge in [-0.2, -0.15) is 0 Å². The van der Waals surface area contributed by atoms with Crippen LogP contribution in [-0.2, 0) is 11.8 Å². The van der Waals surface area contributed by atoms with Gasteiger partial charge in [0.2, 0.25) is 6.33 Å². The van der Waals surface area contributed by atoms with Crippen LogP contribution in [0.3, 0.4) is 0 Å². The standard InChI is InChI=1S/C13H15N5O7S/c1-16-5-14-10(18(23)24)12(16)26-8-3-17(13(22)15-11(8)21)9-2-6(20)7(4-19)25-9/h3,5-7,9,19-20H,2,4H2,1H3,(H,15,21,22)/t6-,7+,9+/m1/s1. The van der Waals surface area contributed by atoms with Gasteiger partial charge in [-0.15, -0.1) is 0 Å². The van der Waals surface area contributed by atoms with Crippen molar-refractivity contribution in [2.24, 2.45) is 7.05 Å². The van der Waals surface area contributed by atoms with Crippen molar-refractivity contribution in [3.8, 4) is 0 Å². The van der Waals surface area contributed by atoms with Gasteiger partial charge in [-0.3, -0.25) is 14.3 Å². The molecule has 2 aromatic heterocycles. The Hall–Kier alpha value is -2.48. The van der Waals surface area contributed by atoms with Crippen molar-refractivity contribution in [3.05, 3.63) is 43.5 Å². The molecule has 1 saturated heterocycles. The van der Waals surface area contributed by atoms with Crippen molar-refractivity contribution in [2.45, 2.75) is 34.8 Å². The number of hydrogen-bond donors (Lipinski definition) is 3. The summed E-state index contributed by atoms with van der Waals surface area (Å²) in [5.41, 5.74) is -1.47. The number of rotatable bonds is 5. The summed E-state index contributed by atoms with van der Waals surface area (Å²) >= 11 is 0.779. The highest BCUT2D eigenvalue weighted by Gasteiger charge is 2.35. The average Bonchev–Trinajstić information content (AvgIpc) is 3.13. The second-order valence-electron chi connectivity index (χ2n) is 5.62. The fourth-order valence-corrected chi connectivity index (χ4v) is 3.49. The molecule has 1 aliphatic heterocycles. The minimum atomic E-state index is -0.960. The van der Waals surface area contributed by atoms with Crippen LogP contribution in [0.1, 0.15) is 12.6 Å². The Morgan fingerprint density at radius 3 is 2.88 bits per heavy atom. The van der Waals surface area contributed by atoms with E-state index in [9.17, 15) is 24.8 Å². The molecule has 0 spiro atoms. The van der Waals surface area contributed by atoms with Gasteiger partial charge in [0.1, 0.15) is 12.3 Å². The molecule has 3 heterocycles. The lowest BCUT2D eigenvalue weighted by molar-refractivity contribution is -0.392. The van der Waals surface area contributed by atoms with Crippen LogP contribution in [0.4, 0.5) is 5.82 Å². The Labute approximate surface area is 149 Å². The topological polar surface area (TPSA) is 166 Å². The Bertz CT molecular complexity index is 951. The van der Waals surface area contributed by atoms with Crippen molar-refractivity contribution >= 4 is 17.6 Å². The van der Waals surface area contributed by atoms with Crippen molar-refractivity contribution in [1.29, 1.82) is 0 Å². The fourth-order valence-electron chi connectivity index (χ4n) is 2.56. The molecule has 3 N–H and O–H groups in total. The first kappa shape index (κ1) is 18.3. The van der Waals surface area contributed by atoms with Gasteiger partial charge in [-0.1, -0.05) is 11.8 Å². The quantitative estimate of drug-likeness (QED) is 0.431. The Morgan fingerprint density at radius 1 is 1.54 bits per heavy atom. The number of nitro groups is 1. The number of imidazole rings is 1. The lowest BCUT2D eigenvalue weighted by Crippen LogP contribution is -2.33. The second-order valence-corrected chi connectivity index (χ2v) is 6.65. The van der Waals surface area contributed by atoms with E-state index < -0.39 is 47.0 Å². The highest BCUT2D eigenvalue weighted by Crippen LogP contribution is 2.33. The summed E-state index contributed by atoms with van der Waals surface area (Å²) in [5, 5.41) is 30.1. The van der Waals surface area contributed by atoms with E-state index in [-0.39, 0.29) is 16.3 Å². The van der Waals surface area contributed by atoms with E-state index in [1.165, 1.54) is 24.1 Å². The molecule has 0 unspecified atom stereocenters. The highest BCUT2D eigenvalue weighted by molar-refractivity contribution is 7.99. The lowest BCUT2D eigenvalue weighted by atomic mass is 10.2.